The van der Waals surface area contributed by atoms with Gasteiger partial charge in [0.1, 0.15) is 5.75 Å². The summed E-state index contributed by atoms with van der Waals surface area (Å²) in [6, 6.07) is 2.83. The van der Waals surface area contributed by atoms with Gasteiger partial charge < -0.3 is 19.7 Å². The van der Waals surface area contributed by atoms with Crippen molar-refractivity contribution in [2.45, 2.75) is 20.0 Å². The molecule has 0 radical (unpaired) electrons. The van der Waals surface area contributed by atoms with Crippen LogP contribution < -0.4 is 9.47 Å². The quantitative estimate of drug-likeness (QED) is 0.735. The van der Waals surface area contributed by atoms with E-state index in [0.717, 1.165) is 0 Å². The molecule has 0 saturated carbocycles. The summed E-state index contributed by atoms with van der Waals surface area (Å²) >= 11 is 12.3. The Balaban J connectivity index is 2.41. The van der Waals surface area contributed by atoms with E-state index in [1.165, 1.54) is 23.7 Å². The van der Waals surface area contributed by atoms with Crippen LogP contribution >= 0.6 is 23.2 Å². The summed E-state index contributed by atoms with van der Waals surface area (Å²) in [5.74, 6) is -0.372. The fraction of sp³-hybridized carbons (Fsp3) is 0.294. The predicted octanol–water partition coefficient (Wildman–Crippen LogP) is 3.69. The Bertz CT molecular complexity index is 848. The minimum atomic E-state index is -1.13. The van der Waals surface area contributed by atoms with Crippen LogP contribution in [0.1, 0.15) is 18.2 Å². The molecule has 0 saturated heterocycles. The number of benzene rings is 1. The number of carboxylic acids is 1. The monoisotopic (exact) mass is 400 g/mol. The van der Waals surface area contributed by atoms with Crippen molar-refractivity contribution in [1.29, 1.82) is 0 Å². The fourth-order valence-corrected chi connectivity index (χ4v) is 2.63. The van der Waals surface area contributed by atoms with E-state index in [1.807, 2.05) is 0 Å². The van der Waals surface area contributed by atoms with Crippen LogP contribution in [0.15, 0.2) is 18.2 Å². The standard InChI is InChI=1S/C17H18Cl2N2O5/c1-9-11(5-4-6-22)16(21(3)20-9)26-15-8-14(12(18)7-13(15)19)25-10(2)17(23)24/h4-5,7-8,10,22H,6H2,1-3H3,(H,23,24)/t10-/m0/s1. The average Bonchev–Trinajstić information content (AvgIpc) is 2.83. The van der Waals surface area contributed by atoms with E-state index < -0.39 is 12.1 Å². The summed E-state index contributed by atoms with van der Waals surface area (Å²) in [5.41, 5.74) is 1.38. The Morgan fingerprint density at radius 2 is 2.00 bits per heavy atom. The van der Waals surface area contributed by atoms with E-state index in [9.17, 15) is 4.79 Å². The first-order valence-electron chi connectivity index (χ1n) is 7.62. The molecule has 2 rings (SSSR count). The molecule has 1 atom stereocenters. The molecule has 1 aromatic heterocycles. The van der Waals surface area contributed by atoms with Crippen LogP contribution in [-0.2, 0) is 11.8 Å². The summed E-state index contributed by atoms with van der Waals surface area (Å²) in [7, 11) is 1.70. The molecule has 1 heterocycles. The minimum Gasteiger partial charge on any atom is -0.479 e. The summed E-state index contributed by atoms with van der Waals surface area (Å²) in [6.45, 7) is 3.06. The molecule has 0 amide bonds. The van der Waals surface area contributed by atoms with Gasteiger partial charge in [-0.15, -0.1) is 0 Å². The highest BCUT2D eigenvalue weighted by Gasteiger charge is 2.19. The topological polar surface area (TPSA) is 93.8 Å². The predicted molar refractivity (Wildman–Crippen MR) is 98.3 cm³/mol. The molecule has 0 aliphatic rings. The van der Waals surface area contributed by atoms with Crippen molar-refractivity contribution < 1.29 is 24.5 Å². The molecule has 7 nitrogen and oxygen atoms in total. The maximum atomic E-state index is 11.0. The molecule has 0 fully saturated rings. The zero-order valence-corrected chi connectivity index (χ0v) is 15.9. The highest BCUT2D eigenvalue weighted by atomic mass is 35.5. The van der Waals surface area contributed by atoms with Gasteiger partial charge in [-0.25, -0.2) is 9.48 Å². The first kappa shape index (κ1) is 20.1. The number of rotatable bonds is 7. The third-order valence-electron chi connectivity index (χ3n) is 3.45. The average molecular weight is 401 g/mol. The Hall–Kier alpha value is -2.22. The van der Waals surface area contributed by atoms with Gasteiger partial charge in [-0.3, -0.25) is 0 Å². The second kappa shape index (κ2) is 8.44. The number of hydrogen-bond acceptors (Lipinski definition) is 5. The van der Waals surface area contributed by atoms with Gasteiger partial charge in [0.2, 0.25) is 5.88 Å². The van der Waals surface area contributed by atoms with Crippen molar-refractivity contribution in [2.75, 3.05) is 6.61 Å². The number of hydrogen-bond donors (Lipinski definition) is 2. The Labute approximate surface area is 160 Å². The van der Waals surface area contributed by atoms with E-state index in [0.29, 0.717) is 17.1 Å². The van der Waals surface area contributed by atoms with Crippen LogP contribution in [0, 0.1) is 6.92 Å². The lowest BCUT2D eigenvalue weighted by Crippen LogP contribution is -2.23. The summed E-state index contributed by atoms with van der Waals surface area (Å²) in [6.07, 6.45) is 2.15. The third-order valence-corrected chi connectivity index (χ3v) is 4.04. The summed E-state index contributed by atoms with van der Waals surface area (Å²) < 4.78 is 12.7. The number of carboxylic acid groups (broad SMARTS) is 1. The van der Waals surface area contributed by atoms with Crippen LogP contribution in [0.4, 0.5) is 0 Å². The van der Waals surface area contributed by atoms with Gasteiger partial charge in [0, 0.05) is 13.1 Å². The van der Waals surface area contributed by atoms with E-state index in [1.54, 1.807) is 26.1 Å². The van der Waals surface area contributed by atoms with Crippen molar-refractivity contribution in [3.8, 4) is 17.4 Å². The molecular formula is C17H18Cl2N2O5. The lowest BCUT2D eigenvalue weighted by atomic mass is 10.2. The number of aryl methyl sites for hydroxylation is 2. The smallest absolute Gasteiger partial charge is 0.344 e. The Morgan fingerprint density at radius 3 is 2.62 bits per heavy atom. The number of nitrogens with zero attached hydrogens (tertiary/aromatic N) is 2. The molecule has 0 aliphatic carbocycles. The zero-order chi connectivity index (χ0) is 19.4. The highest BCUT2D eigenvalue weighted by molar-refractivity contribution is 6.36. The second-order valence-electron chi connectivity index (χ2n) is 5.43. The molecule has 140 valence electrons. The molecular weight excluding hydrogens is 383 g/mol. The zero-order valence-electron chi connectivity index (χ0n) is 14.4. The van der Waals surface area contributed by atoms with Crippen molar-refractivity contribution >= 4 is 35.2 Å². The normalized spacial score (nSPS) is 12.4. The van der Waals surface area contributed by atoms with Crippen LogP contribution in [0.5, 0.6) is 17.4 Å². The molecule has 26 heavy (non-hydrogen) atoms. The molecule has 0 bridgehead atoms. The lowest BCUT2D eigenvalue weighted by molar-refractivity contribution is -0.144. The van der Waals surface area contributed by atoms with E-state index in [-0.39, 0.29) is 28.2 Å². The van der Waals surface area contributed by atoms with Gasteiger partial charge in [-0.2, -0.15) is 5.10 Å². The first-order valence-corrected chi connectivity index (χ1v) is 8.37. The van der Waals surface area contributed by atoms with Crippen molar-refractivity contribution in [1.82, 2.24) is 9.78 Å². The van der Waals surface area contributed by atoms with Gasteiger partial charge in [0.15, 0.2) is 11.9 Å². The molecule has 9 heteroatoms. The van der Waals surface area contributed by atoms with Gasteiger partial charge in [-0.1, -0.05) is 29.3 Å². The largest absolute Gasteiger partial charge is 0.479 e. The Kier molecular flexibility index (Phi) is 6.52. The number of aliphatic hydroxyl groups is 1. The number of halogens is 2. The molecule has 0 unspecified atom stereocenters. The molecule has 1 aromatic carbocycles. The number of ether oxygens (including phenoxy) is 2. The van der Waals surface area contributed by atoms with Crippen LogP contribution in [0.25, 0.3) is 6.08 Å². The maximum absolute atomic E-state index is 11.0. The van der Waals surface area contributed by atoms with Crippen molar-refractivity contribution in [3.63, 3.8) is 0 Å². The Morgan fingerprint density at radius 1 is 1.35 bits per heavy atom. The van der Waals surface area contributed by atoms with Gasteiger partial charge in [-0.05, 0) is 26.0 Å². The van der Waals surface area contributed by atoms with E-state index in [4.69, 9.17) is 42.9 Å². The first-order chi connectivity index (χ1) is 12.2. The molecule has 0 spiro atoms. The fourth-order valence-electron chi connectivity index (χ4n) is 2.16. The highest BCUT2D eigenvalue weighted by Crippen LogP contribution is 2.39. The van der Waals surface area contributed by atoms with Crippen LogP contribution in [0.2, 0.25) is 10.0 Å². The van der Waals surface area contributed by atoms with Gasteiger partial charge >= 0.3 is 5.97 Å². The lowest BCUT2D eigenvalue weighted by Gasteiger charge is -2.15. The van der Waals surface area contributed by atoms with Crippen LogP contribution in [0.3, 0.4) is 0 Å². The summed E-state index contributed by atoms with van der Waals surface area (Å²) in [5, 5.41) is 22.6. The molecule has 2 N–H and O–H groups in total. The number of aliphatic hydroxyl groups excluding tert-OH is 1. The number of aliphatic carboxylic acids is 1. The van der Waals surface area contributed by atoms with Crippen molar-refractivity contribution in [3.05, 3.63) is 39.5 Å². The number of carbonyl (C=O) groups is 1. The van der Waals surface area contributed by atoms with Crippen LogP contribution in [-0.4, -0.2) is 38.7 Å². The maximum Gasteiger partial charge on any atom is 0.344 e. The molecule has 2 aromatic rings. The van der Waals surface area contributed by atoms with E-state index in [2.05, 4.69) is 5.10 Å². The van der Waals surface area contributed by atoms with Gasteiger partial charge in [0.25, 0.3) is 0 Å². The summed E-state index contributed by atoms with van der Waals surface area (Å²) in [4.78, 5) is 11.0. The van der Waals surface area contributed by atoms with Crippen molar-refractivity contribution in [2.24, 2.45) is 7.05 Å². The third kappa shape index (κ3) is 4.49. The molecule has 0 aliphatic heterocycles. The second-order valence-corrected chi connectivity index (χ2v) is 6.24. The minimum absolute atomic E-state index is 0.124. The number of aromatic nitrogens is 2. The SMILES string of the molecule is Cc1nn(C)c(Oc2cc(O[C@@H](C)C(=O)O)c(Cl)cc2Cl)c1C=CCO. The van der Waals surface area contributed by atoms with Gasteiger partial charge in [0.05, 0.1) is 27.9 Å². The van der Waals surface area contributed by atoms with E-state index >= 15 is 0 Å².